The average molecular weight is 391 g/mol. The van der Waals surface area contributed by atoms with Gasteiger partial charge in [-0.05, 0) is 76.6 Å². The number of rotatable bonds is 4. The third kappa shape index (κ3) is 3.78. The zero-order chi connectivity index (χ0) is 20.5. The fourth-order valence-electron chi connectivity index (χ4n) is 4.47. The molecule has 5 heteroatoms. The monoisotopic (exact) mass is 390 g/mol. The number of carbonyl (C=O) groups is 1. The number of likely N-dealkylation sites (tertiary alicyclic amines) is 1. The van der Waals surface area contributed by atoms with Gasteiger partial charge in [0.05, 0.1) is 11.4 Å². The minimum Gasteiger partial charge on any atom is -0.343 e. The minimum atomic E-state index is 0.274. The molecule has 0 atom stereocenters. The number of pyridine rings is 1. The third-order valence-electron chi connectivity index (χ3n) is 6.15. The molecule has 4 rings (SSSR count). The van der Waals surface area contributed by atoms with Crippen molar-refractivity contribution in [2.45, 2.75) is 59.8 Å². The van der Waals surface area contributed by atoms with Crippen molar-refractivity contribution in [1.29, 1.82) is 0 Å². The van der Waals surface area contributed by atoms with Gasteiger partial charge in [-0.25, -0.2) is 9.67 Å². The third-order valence-corrected chi connectivity index (χ3v) is 6.15. The first-order chi connectivity index (χ1) is 14.0. The summed E-state index contributed by atoms with van der Waals surface area (Å²) in [6.45, 7) is 10.1. The standard InChI is InChI=1S/C24H30N4O/c1-16-8-10-20(11-9-16)28-24-23(19(4)26-28)17(2)21(18(3)25-24)12-13-22(29)27-14-6-5-7-15-27/h8-11H,5-7,12-15H2,1-4H3. The van der Waals surface area contributed by atoms with Crippen molar-refractivity contribution in [2.24, 2.45) is 0 Å². The Morgan fingerprint density at radius 1 is 0.966 bits per heavy atom. The summed E-state index contributed by atoms with van der Waals surface area (Å²) in [7, 11) is 0. The summed E-state index contributed by atoms with van der Waals surface area (Å²) in [5.41, 5.74) is 7.51. The average Bonchev–Trinajstić information content (AvgIpc) is 3.05. The van der Waals surface area contributed by atoms with Crippen molar-refractivity contribution in [1.82, 2.24) is 19.7 Å². The number of fused-ring (bicyclic) bond motifs is 1. The summed E-state index contributed by atoms with van der Waals surface area (Å²) in [5.74, 6) is 0.274. The van der Waals surface area contributed by atoms with E-state index in [1.165, 1.54) is 23.1 Å². The molecule has 1 saturated heterocycles. The molecular weight excluding hydrogens is 360 g/mol. The molecule has 0 saturated carbocycles. The van der Waals surface area contributed by atoms with E-state index >= 15 is 0 Å². The van der Waals surface area contributed by atoms with Gasteiger partial charge < -0.3 is 4.90 Å². The zero-order valence-electron chi connectivity index (χ0n) is 18.0. The van der Waals surface area contributed by atoms with Crippen LogP contribution < -0.4 is 0 Å². The highest BCUT2D eigenvalue weighted by molar-refractivity contribution is 5.85. The fourth-order valence-corrected chi connectivity index (χ4v) is 4.47. The summed E-state index contributed by atoms with van der Waals surface area (Å²) >= 11 is 0. The number of hydrogen-bond donors (Lipinski definition) is 0. The van der Waals surface area contributed by atoms with Crippen LogP contribution in [-0.2, 0) is 11.2 Å². The van der Waals surface area contributed by atoms with E-state index in [1.54, 1.807) is 0 Å². The SMILES string of the molecule is Cc1ccc(-n2nc(C)c3c(C)c(CCC(=O)N4CCCCC4)c(C)nc32)cc1. The van der Waals surface area contributed by atoms with Gasteiger partial charge in [0.1, 0.15) is 0 Å². The van der Waals surface area contributed by atoms with Crippen LogP contribution in [0.2, 0.25) is 0 Å². The van der Waals surface area contributed by atoms with Crippen LogP contribution in [-0.4, -0.2) is 38.7 Å². The van der Waals surface area contributed by atoms with Gasteiger partial charge in [0, 0.05) is 30.6 Å². The highest BCUT2D eigenvalue weighted by Crippen LogP contribution is 2.28. The summed E-state index contributed by atoms with van der Waals surface area (Å²) in [4.78, 5) is 19.6. The van der Waals surface area contributed by atoms with Gasteiger partial charge in [-0.1, -0.05) is 17.7 Å². The molecule has 3 heterocycles. The molecule has 0 unspecified atom stereocenters. The van der Waals surface area contributed by atoms with Crippen LogP contribution in [0, 0.1) is 27.7 Å². The van der Waals surface area contributed by atoms with E-state index in [-0.39, 0.29) is 5.91 Å². The predicted molar refractivity (Wildman–Crippen MR) is 117 cm³/mol. The summed E-state index contributed by atoms with van der Waals surface area (Å²) in [6.07, 6.45) is 4.81. The van der Waals surface area contributed by atoms with Crippen LogP contribution in [0.4, 0.5) is 0 Å². The summed E-state index contributed by atoms with van der Waals surface area (Å²) in [5, 5.41) is 5.89. The van der Waals surface area contributed by atoms with Crippen LogP contribution >= 0.6 is 0 Å². The molecule has 29 heavy (non-hydrogen) atoms. The number of hydrogen-bond acceptors (Lipinski definition) is 3. The zero-order valence-corrected chi connectivity index (χ0v) is 18.0. The summed E-state index contributed by atoms with van der Waals surface area (Å²) in [6, 6.07) is 8.36. The predicted octanol–water partition coefficient (Wildman–Crippen LogP) is 4.60. The van der Waals surface area contributed by atoms with Crippen LogP contribution in [0.5, 0.6) is 0 Å². The molecule has 0 bridgehead atoms. The number of aromatic nitrogens is 3. The second kappa shape index (κ2) is 7.97. The first-order valence-electron chi connectivity index (χ1n) is 10.7. The molecule has 1 aliphatic rings. The largest absolute Gasteiger partial charge is 0.343 e. The Kier molecular flexibility index (Phi) is 5.39. The maximum Gasteiger partial charge on any atom is 0.222 e. The van der Waals surface area contributed by atoms with Gasteiger partial charge in [-0.3, -0.25) is 4.79 Å². The lowest BCUT2D eigenvalue weighted by Crippen LogP contribution is -2.35. The van der Waals surface area contributed by atoms with Gasteiger partial charge in [0.25, 0.3) is 0 Å². The highest BCUT2D eigenvalue weighted by Gasteiger charge is 2.20. The number of aryl methyl sites for hydroxylation is 4. The Morgan fingerprint density at radius 3 is 2.34 bits per heavy atom. The van der Waals surface area contributed by atoms with Gasteiger partial charge >= 0.3 is 0 Å². The molecule has 1 fully saturated rings. The summed E-state index contributed by atoms with van der Waals surface area (Å²) < 4.78 is 1.94. The topological polar surface area (TPSA) is 51.0 Å². The maximum absolute atomic E-state index is 12.6. The molecule has 1 amide bonds. The van der Waals surface area contributed by atoms with Crippen LogP contribution in [0.3, 0.4) is 0 Å². The highest BCUT2D eigenvalue weighted by atomic mass is 16.2. The Labute approximate surface area is 172 Å². The molecule has 3 aromatic rings. The van der Waals surface area contributed by atoms with Gasteiger partial charge in [-0.2, -0.15) is 5.10 Å². The Hall–Kier alpha value is -2.69. The van der Waals surface area contributed by atoms with Crippen molar-refractivity contribution in [3.63, 3.8) is 0 Å². The molecule has 1 aliphatic heterocycles. The lowest BCUT2D eigenvalue weighted by Gasteiger charge is -2.27. The molecule has 0 spiro atoms. The number of carbonyl (C=O) groups excluding carboxylic acids is 1. The maximum atomic E-state index is 12.6. The van der Waals surface area contributed by atoms with Crippen LogP contribution in [0.25, 0.3) is 16.7 Å². The number of amides is 1. The van der Waals surface area contributed by atoms with Crippen LogP contribution in [0.15, 0.2) is 24.3 Å². The molecular formula is C24H30N4O. The van der Waals surface area contributed by atoms with Gasteiger partial charge in [-0.15, -0.1) is 0 Å². The molecule has 5 nitrogen and oxygen atoms in total. The quantitative estimate of drug-likeness (QED) is 0.654. The van der Waals surface area contributed by atoms with Gasteiger partial charge in [0.15, 0.2) is 5.65 Å². The lowest BCUT2D eigenvalue weighted by atomic mass is 9.98. The van der Waals surface area contributed by atoms with Crippen molar-refractivity contribution in [3.8, 4) is 5.69 Å². The van der Waals surface area contributed by atoms with Crippen LogP contribution in [0.1, 0.15) is 53.8 Å². The van der Waals surface area contributed by atoms with E-state index in [4.69, 9.17) is 10.1 Å². The molecule has 2 aromatic heterocycles. The first-order valence-corrected chi connectivity index (χ1v) is 10.7. The van der Waals surface area contributed by atoms with E-state index in [0.717, 1.165) is 60.5 Å². The second-order valence-electron chi connectivity index (χ2n) is 8.27. The van der Waals surface area contributed by atoms with Crippen molar-refractivity contribution < 1.29 is 4.79 Å². The fraction of sp³-hybridized carbons (Fsp3) is 0.458. The van der Waals surface area contributed by atoms with E-state index in [2.05, 4.69) is 45.0 Å². The van der Waals surface area contributed by atoms with Gasteiger partial charge in [0.2, 0.25) is 5.91 Å². The normalized spacial score (nSPS) is 14.6. The molecule has 0 aliphatic carbocycles. The Balaban J connectivity index is 1.65. The van der Waals surface area contributed by atoms with Crippen molar-refractivity contribution in [2.75, 3.05) is 13.1 Å². The van der Waals surface area contributed by atoms with E-state index in [0.29, 0.717) is 6.42 Å². The number of piperidine rings is 1. The number of benzene rings is 1. The first kappa shape index (κ1) is 19.6. The van der Waals surface area contributed by atoms with E-state index < -0.39 is 0 Å². The molecule has 152 valence electrons. The number of nitrogens with zero attached hydrogens (tertiary/aromatic N) is 4. The Morgan fingerprint density at radius 2 is 1.66 bits per heavy atom. The molecule has 0 radical (unpaired) electrons. The smallest absolute Gasteiger partial charge is 0.222 e. The minimum absolute atomic E-state index is 0.274. The molecule has 0 N–H and O–H groups in total. The van der Waals surface area contributed by atoms with Crippen molar-refractivity contribution in [3.05, 3.63) is 52.3 Å². The second-order valence-corrected chi connectivity index (χ2v) is 8.27. The van der Waals surface area contributed by atoms with E-state index in [9.17, 15) is 4.79 Å². The molecule has 1 aromatic carbocycles. The lowest BCUT2D eigenvalue weighted by molar-refractivity contribution is -0.132. The van der Waals surface area contributed by atoms with Crippen molar-refractivity contribution >= 4 is 16.9 Å². The Bertz CT molecular complexity index is 1040. The van der Waals surface area contributed by atoms with E-state index in [1.807, 2.05) is 16.5 Å².